The van der Waals surface area contributed by atoms with Crippen molar-refractivity contribution in [3.8, 4) is 5.75 Å². The van der Waals surface area contributed by atoms with E-state index in [4.69, 9.17) is 0 Å². The largest absolute Gasteiger partial charge is 0.435 e. The zero-order valence-corrected chi connectivity index (χ0v) is 13.7. The minimum Gasteiger partial charge on any atom is -0.435 e. The fourth-order valence-electron chi connectivity index (χ4n) is 2.47. The van der Waals surface area contributed by atoms with Crippen LogP contribution >= 0.6 is 15.9 Å². The van der Waals surface area contributed by atoms with Gasteiger partial charge in [-0.1, -0.05) is 28.1 Å². The predicted octanol–water partition coefficient (Wildman–Crippen LogP) is 4.57. The van der Waals surface area contributed by atoms with Crippen molar-refractivity contribution in [1.29, 1.82) is 0 Å². The first-order valence-corrected chi connectivity index (χ1v) is 7.59. The number of hydrogen-bond acceptors (Lipinski definition) is 2. The van der Waals surface area contributed by atoms with Crippen molar-refractivity contribution in [3.63, 3.8) is 0 Å². The van der Waals surface area contributed by atoms with Gasteiger partial charge in [0.15, 0.2) is 0 Å². The molecule has 3 rings (SSSR count). The molecule has 0 atom stereocenters. The van der Waals surface area contributed by atoms with Crippen LogP contribution in [0.15, 0.2) is 46.9 Å². The molecule has 0 radical (unpaired) electrons. The third-order valence-corrected chi connectivity index (χ3v) is 4.05. The molecule has 0 spiro atoms. The number of benzene rings is 2. The summed E-state index contributed by atoms with van der Waals surface area (Å²) in [5, 5.41) is 0. The number of hydrogen-bond donors (Lipinski definition) is 0. The van der Waals surface area contributed by atoms with E-state index >= 15 is 0 Å². The van der Waals surface area contributed by atoms with Gasteiger partial charge in [-0.3, -0.25) is 4.79 Å². The lowest BCUT2D eigenvalue weighted by Crippen LogP contribution is -2.20. The van der Waals surface area contributed by atoms with Crippen LogP contribution in [-0.4, -0.2) is 19.6 Å². The molecular weight excluding hydrogens is 368 g/mol. The minimum atomic E-state index is -2.85. The summed E-state index contributed by atoms with van der Waals surface area (Å²) in [5.74, 6) is -0.0221. The molecule has 0 saturated heterocycles. The average molecular weight is 380 g/mol. The van der Waals surface area contributed by atoms with Gasteiger partial charge >= 0.3 is 6.61 Å². The van der Waals surface area contributed by atoms with Gasteiger partial charge in [-0.15, -0.1) is 0 Å². The van der Waals surface area contributed by atoms with Crippen LogP contribution < -0.4 is 9.64 Å². The highest BCUT2D eigenvalue weighted by Crippen LogP contribution is 2.38. The van der Waals surface area contributed by atoms with Crippen molar-refractivity contribution in [2.45, 2.75) is 6.61 Å². The van der Waals surface area contributed by atoms with Crippen molar-refractivity contribution in [2.24, 2.45) is 0 Å². The standard InChI is InChI=1S/C17H12BrF2NO2/c1-21-15-7-4-11(18)9-13(15)14(16(21)22)8-10-2-5-12(6-3-10)23-17(19)20/h2-9,17H,1H3. The van der Waals surface area contributed by atoms with Crippen molar-refractivity contribution < 1.29 is 18.3 Å². The van der Waals surface area contributed by atoms with Crippen LogP contribution in [0.2, 0.25) is 0 Å². The molecule has 118 valence electrons. The Balaban J connectivity index is 1.97. The normalized spacial score (nSPS) is 15.4. The molecule has 0 aliphatic carbocycles. The van der Waals surface area contributed by atoms with Crippen LogP contribution in [0.5, 0.6) is 5.75 Å². The SMILES string of the molecule is CN1C(=O)C(=Cc2ccc(OC(F)F)cc2)c2cc(Br)ccc21. The summed E-state index contributed by atoms with van der Waals surface area (Å²) >= 11 is 3.41. The number of ether oxygens (including phenoxy) is 1. The summed E-state index contributed by atoms with van der Waals surface area (Å²) in [6, 6.07) is 11.8. The molecule has 0 bridgehead atoms. The van der Waals surface area contributed by atoms with Gasteiger partial charge in [0, 0.05) is 22.7 Å². The van der Waals surface area contributed by atoms with Crippen LogP contribution in [-0.2, 0) is 4.79 Å². The van der Waals surface area contributed by atoms with Gasteiger partial charge in [-0.05, 0) is 42.0 Å². The van der Waals surface area contributed by atoms with E-state index in [1.807, 2.05) is 18.2 Å². The van der Waals surface area contributed by atoms with E-state index in [0.29, 0.717) is 5.57 Å². The molecule has 1 aliphatic heterocycles. The Morgan fingerprint density at radius 1 is 1.17 bits per heavy atom. The number of fused-ring (bicyclic) bond motifs is 1. The van der Waals surface area contributed by atoms with Crippen LogP contribution in [0.4, 0.5) is 14.5 Å². The summed E-state index contributed by atoms with van der Waals surface area (Å²) in [6.07, 6.45) is 1.74. The van der Waals surface area contributed by atoms with Gasteiger partial charge in [0.25, 0.3) is 5.91 Å². The van der Waals surface area contributed by atoms with E-state index in [-0.39, 0.29) is 11.7 Å². The smallest absolute Gasteiger partial charge is 0.387 e. The number of carbonyl (C=O) groups excluding carboxylic acids is 1. The monoisotopic (exact) mass is 379 g/mol. The van der Waals surface area contributed by atoms with E-state index in [2.05, 4.69) is 20.7 Å². The fraction of sp³-hybridized carbons (Fsp3) is 0.118. The highest BCUT2D eigenvalue weighted by molar-refractivity contribution is 9.10. The highest BCUT2D eigenvalue weighted by Gasteiger charge is 2.29. The molecule has 3 nitrogen and oxygen atoms in total. The predicted molar refractivity (Wildman–Crippen MR) is 88.5 cm³/mol. The Hall–Kier alpha value is -2.21. The van der Waals surface area contributed by atoms with Gasteiger partial charge < -0.3 is 9.64 Å². The Kier molecular flexibility index (Phi) is 4.17. The zero-order chi connectivity index (χ0) is 16.6. The molecule has 1 heterocycles. The van der Waals surface area contributed by atoms with Crippen LogP contribution in [0.25, 0.3) is 11.6 Å². The Morgan fingerprint density at radius 2 is 1.87 bits per heavy atom. The summed E-state index contributed by atoms with van der Waals surface area (Å²) in [4.78, 5) is 14.0. The number of amides is 1. The molecule has 2 aromatic rings. The second kappa shape index (κ2) is 6.12. The van der Waals surface area contributed by atoms with Gasteiger partial charge in [0.1, 0.15) is 5.75 Å². The maximum absolute atomic E-state index is 12.4. The highest BCUT2D eigenvalue weighted by atomic mass is 79.9. The van der Waals surface area contributed by atoms with Crippen LogP contribution in [0.3, 0.4) is 0 Å². The average Bonchev–Trinajstić information content (AvgIpc) is 2.73. The van der Waals surface area contributed by atoms with Crippen molar-refractivity contribution in [2.75, 3.05) is 11.9 Å². The molecule has 0 aromatic heterocycles. The lowest BCUT2D eigenvalue weighted by molar-refractivity contribution is -0.112. The number of halogens is 3. The first kappa shape index (κ1) is 15.7. The van der Waals surface area contributed by atoms with Crippen molar-refractivity contribution in [3.05, 3.63) is 58.1 Å². The van der Waals surface area contributed by atoms with E-state index in [0.717, 1.165) is 21.3 Å². The van der Waals surface area contributed by atoms with E-state index in [9.17, 15) is 13.6 Å². The minimum absolute atomic E-state index is 0.0835. The summed E-state index contributed by atoms with van der Waals surface area (Å²) < 4.78 is 29.5. The second-order valence-corrected chi connectivity index (χ2v) is 5.95. The fourth-order valence-corrected chi connectivity index (χ4v) is 2.83. The third-order valence-electron chi connectivity index (χ3n) is 3.56. The lowest BCUT2D eigenvalue weighted by Gasteiger charge is -2.08. The van der Waals surface area contributed by atoms with E-state index < -0.39 is 6.61 Å². The molecule has 1 aliphatic rings. The molecule has 0 unspecified atom stereocenters. The van der Waals surface area contributed by atoms with Crippen LogP contribution in [0.1, 0.15) is 11.1 Å². The summed E-state index contributed by atoms with van der Waals surface area (Å²) in [5.41, 5.74) is 2.96. The Bertz CT molecular complexity index is 788. The molecule has 6 heteroatoms. The second-order valence-electron chi connectivity index (χ2n) is 5.03. The van der Waals surface area contributed by atoms with Gasteiger partial charge in [0.2, 0.25) is 0 Å². The lowest BCUT2D eigenvalue weighted by atomic mass is 10.0. The summed E-state index contributed by atoms with van der Waals surface area (Å²) in [7, 11) is 1.72. The van der Waals surface area contributed by atoms with Crippen molar-refractivity contribution >= 4 is 39.2 Å². The Labute approximate surface area is 140 Å². The molecular formula is C17H12BrF2NO2. The van der Waals surface area contributed by atoms with E-state index in [1.54, 1.807) is 30.2 Å². The van der Waals surface area contributed by atoms with E-state index in [1.165, 1.54) is 12.1 Å². The maximum atomic E-state index is 12.4. The number of alkyl halides is 2. The number of carbonyl (C=O) groups is 1. The van der Waals surface area contributed by atoms with Gasteiger partial charge in [-0.2, -0.15) is 8.78 Å². The first-order valence-electron chi connectivity index (χ1n) is 6.80. The number of likely N-dealkylation sites (N-methyl/N-ethyl adjacent to an activating group) is 1. The topological polar surface area (TPSA) is 29.5 Å². The molecule has 2 aromatic carbocycles. The quantitative estimate of drug-likeness (QED) is 0.731. The van der Waals surface area contributed by atoms with Crippen LogP contribution in [0, 0.1) is 0 Å². The molecule has 23 heavy (non-hydrogen) atoms. The Morgan fingerprint density at radius 3 is 2.52 bits per heavy atom. The number of anilines is 1. The summed E-state index contributed by atoms with van der Waals surface area (Å²) in [6.45, 7) is -2.85. The molecule has 1 amide bonds. The molecule has 0 N–H and O–H groups in total. The van der Waals surface area contributed by atoms with Crippen molar-refractivity contribution in [1.82, 2.24) is 0 Å². The molecule has 0 saturated carbocycles. The molecule has 0 fully saturated rings. The van der Waals surface area contributed by atoms with Gasteiger partial charge in [0.05, 0.1) is 5.69 Å². The maximum Gasteiger partial charge on any atom is 0.387 e. The number of nitrogens with zero attached hydrogens (tertiary/aromatic N) is 1. The van der Waals surface area contributed by atoms with Gasteiger partial charge in [-0.25, -0.2) is 0 Å². The first-order chi connectivity index (χ1) is 11.0. The zero-order valence-electron chi connectivity index (χ0n) is 12.1. The number of rotatable bonds is 3. The third kappa shape index (κ3) is 3.12.